The highest BCUT2D eigenvalue weighted by Gasteiger charge is 2.28. The van der Waals surface area contributed by atoms with E-state index in [0.29, 0.717) is 26.1 Å². The van der Waals surface area contributed by atoms with Gasteiger partial charge in [-0.05, 0) is 35.7 Å². The van der Waals surface area contributed by atoms with Crippen LogP contribution in [0.25, 0.3) is 11.1 Å². The fourth-order valence-electron chi connectivity index (χ4n) is 4.15. The normalized spacial score (nSPS) is 16.2. The van der Waals surface area contributed by atoms with Crippen molar-refractivity contribution < 1.29 is 14.3 Å². The summed E-state index contributed by atoms with van der Waals surface area (Å²) in [7, 11) is 1.66. The van der Waals surface area contributed by atoms with Gasteiger partial charge in [-0.1, -0.05) is 48.5 Å². The van der Waals surface area contributed by atoms with E-state index in [2.05, 4.69) is 10.3 Å². The van der Waals surface area contributed by atoms with Gasteiger partial charge in [0.05, 0.1) is 19.4 Å². The monoisotopic (exact) mass is 429 g/mol. The molecule has 0 spiro atoms. The second kappa shape index (κ2) is 10.1. The number of hydrogen-bond acceptors (Lipinski definition) is 4. The molecule has 2 heterocycles. The number of carbonyl (C=O) groups excluding carboxylic acids is 2. The first kappa shape index (κ1) is 21.6. The van der Waals surface area contributed by atoms with E-state index in [1.165, 1.54) is 0 Å². The molecule has 1 atom stereocenters. The van der Waals surface area contributed by atoms with Gasteiger partial charge >= 0.3 is 0 Å². The quantitative estimate of drug-likeness (QED) is 0.654. The Hall–Kier alpha value is -3.67. The van der Waals surface area contributed by atoms with Crippen molar-refractivity contribution in [3.05, 3.63) is 84.2 Å². The molecule has 4 rings (SSSR count). The molecule has 2 amide bonds. The van der Waals surface area contributed by atoms with Crippen LogP contribution in [0.15, 0.2) is 72.9 Å². The van der Waals surface area contributed by atoms with E-state index in [4.69, 9.17) is 4.74 Å². The lowest BCUT2D eigenvalue weighted by molar-refractivity contribution is -0.131. The average Bonchev–Trinajstić information content (AvgIpc) is 3.01. The Morgan fingerprint density at radius 3 is 2.59 bits per heavy atom. The summed E-state index contributed by atoms with van der Waals surface area (Å²) in [6, 6.07) is 21.5. The third-order valence-electron chi connectivity index (χ3n) is 5.78. The third kappa shape index (κ3) is 4.97. The predicted octanol–water partition coefficient (Wildman–Crippen LogP) is 3.12. The first-order chi connectivity index (χ1) is 15.7. The zero-order valence-electron chi connectivity index (χ0n) is 18.2. The molecule has 2 aromatic carbocycles. The van der Waals surface area contributed by atoms with E-state index in [9.17, 15) is 9.59 Å². The zero-order valence-corrected chi connectivity index (χ0v) is 18.2. The summed E-state index contributed by atoms with van der Waals surface area (Å²) in [5, 5.41) is 2.97. The minimum atomic E-state index is -0.332. The SMILES string of the molecule is COc1ccccc1-c1ccccc1C[C@@H]1CN(C(=O)Cc2ccccn2)CCNC1=O. The molecule has 0 bridgehead atoms. The summed E-state index contributed by atoms with van der Waals surface area (Å²) in [5.74, 6) is 0.426. The van der Waals surface area contributed by atoms with E-state index in [-0.39, 0.29) is 24.2 Å². The van der Waals surface area contributed by atoms with Crippen molar-refractivity contribution in [3.8, 4) is 16.9 Å². The second-order valence-electron chi connectivity index (χ2n) is 7.89. The van der Waals surface area contributed by atoms with Crippen molar-refractivity contribution in [3.63, 3.8) is 0 Å². The maximum atomic E-state index is 12.9. The number of carbonyl (C=O) groups is 2. The smallest absolute Gasteiger partial charge is 0.228 e. The Bertz CT molecular complexity index is 1080. The molecular weight excluding hydrogens is 402 g/mol. The van der Waals surface area contributed by atoms with Gasteiger partial charge in [-0.15, -0.1) is 0 Å². The van der Waals surface area contributed by atoms with Crippen LogP contribution < -0.4 is 10.1 Å². The number of aromatic nitrogens is 1. The van der Waals surface area contributed by atoms with E-state index < -0.39 is 0 Å². The van der Waals surface area contributed by atoms with Crippen LogP contribution >= 0.6 is 0 Å². The van der Waals surface area contributed by atoms with E-state index in [1.54, 1.807) is 18.2 Å². The second-order valence-corrected chi connectivity index (χ2v) is 7.89. The van der Waals surface area contributed by atoms with Crippen LogP contribution in [0.5, 0.6) is 5.75 Å². The number of ether oxygens (including phenoxy) is 1. The highest BCUT2D eigenvalue weighted by atomic mass is 16.5. The lowest BCUT2D eigenvalue weighted by Crippen LogP contribution is -2.38. The number of nitrogens with one attached hydrogen (secondary N) is 1. The fourth-order valence-corrected chi connectivity index (χ4v) is 4.15. The summed E-state index contributed by atoms with van der Waals surface area (Å²) in [4.78, 5) is 31.8. The molecule has 1 saturated heterocycles. The van der Waals surface area contributed by atoms with Gasteiger partial charge < -0.3 is 15.0 Å². The van der Waals surface area contributed by atoms with Gasteiger partial charge in [0.2, 0.25) is 11.8 Å². The molecule has 1 N–H and O–H groups in total. The van der Waals surface area contributed by atoms with Crippen molar-refractivity contribution >= 4 is 11.8 Å². The molecule has 164 valence electrons. The van der Waals surface area contributed by atoms with Gasteiger partial charge in [0.1, 0.15) is 5.75 Å². The lowest BCUT2D eigenvalue weighted by Gasteiger charge is -2.24. The molecule has 32 heavy (non-hydrogen) atoms. The van der Waals surface area contributed by atoms with Gasteiger partial charge in [-0.25, -0.2) is 0 Å². The van der Waals surface area contributed by atoms with E-state index in [1.807, 2.05) is 66.7 Å². The topological polar surface area (TPSA) is 71.5 Å². The molecule has 1 aliphatic heterocycles. The number of rotatable bonds is 6. The van der Waals surface area contributed by atoms with E-state index in [0.717, 1.165) is 28.1 Å². The molecule has 1 aromatic heterocycles. The maximum Gasteiger partial charge on any atom is 0.228 e. The standard InChI is InChI=1S/C26H27N3O3/c1-32-24-12-5-4-11-23(24)22-10-3-2-8-19(22)16-20-18-29(15-14-28-26(20)31)25(30)17-21-9-6-7-13-27-21/h2-13,20H,14-18H2,1H3,(H,28,31)/t20-/m1/s1. The number of pyridine rings is 1. The van der Waals surface area contributed by atoms with Crippen LogP contribution in [0.3, 0.4) is 0 Å². The Morgan fingerprint density at radius 1 is 1.06 bits per heavy atom. The van der Waals surface area contributed by atoms with Gasteiger partial charge in [-0.2, -0.15) is 0 Å². The van der Waals surface area contributed by atoms with Crippen molar-refractivity contribution in [1.82, 2.24) is 15.2 Å². The predicted molar refractivity (Wildman–Crippen MR) is 123 cm³/mol. The summed E-state index contributed by atoms with van der Waals surface area (Å²) in [6.07, 6.45) is 2.46. The van der Waals surface area contributed by atoms with Gasteiger partial charge in [0, 0.05) is 37.1 Å². The average molecular weight is 430 g/mol. The molecule has 0 saturated carbocycles. The van der Waals surface area contributed by atoms with Crippen LogP contribution in [-0.2, 0) is 22.4 Å². The van der Waals surface area contributed by atoms with Crippen LogP contribution in [0, 0.1) is 5.92 Å². The molecule has 1 aliphatic rings. The Morgan fingerprint density at radius 2 is 1.81 bits per heavy atom. The molecule has 0 radical (unpaired) electrons. The Labute approximate surface area is 188 Å². The fraction of sp³-hybridized carbons (Fsp3) is 0.269. The molecule has 0 unspecified atom stereocenters. The largest absolute Gasteiger partial charge is 0.496 e. The van der Waals surface area contributed by atoms with E-state index >= 15 is 0 Å². The Kier molecular flexibility index (Phi) is 6.80. The Balaban J connectivity index is 1.55. The summed E-state index contributed by atoms with van der Waals surface area (Å²) in [5.41, 5.74) is 3.81. The lowest BCUT2D eigenvalue weighted by atomic mass is 9.91. The number of hydrogen-bond donors (Lipinski definition) is 1. The summed E-state index contributed by atoms with van der Waals surface area (Å²) >= 11 is 0. The van der Waals surface area contributed by atoms with Gasteiger partial charge in [0.15, 0.2) is 0 Å². The van der Waals surface area contributed by atoms with Crippen molar-refractivity contribution in [2.45, 2.75) is 12.8 Å². The van der Waals surface area contributed by atoms with Crippen LogP contribution in [0.4, 0.5) is 0 Å². The molecule has 0 aliphatic carbocycles. The minimum Gasteiger partial charge on any atom is -0.496 e. The molecule has 6 heteroatoms. The van der Waals surface area contributed by atoms with Gasteiger partial charge in [-0.3, -0.25) is 14.6 Å². The number of amides is 2. The van der Waals surface area contributed by atoms with Crippen LogP contribution in [-0.4, -0.2) is 48.4 Å². The highest BCUT2D eigenvalue weighted by molar-refractivity contribution is 5.83. The van der Waals surface area contributed by atoms with Crippen molar-refractivity contribution in [1.29, 1.82) is 0 Å². The number of para-hydroxylation sites is 1. The van der Waals surface area contributed by atoms with Crippen LogP contribution in [0.2, 0.25) is 0 Å². The van der Waals surface area contributed by atoms with Crippen LogP contribution in [0.1, 0.15) is 11.3 Å². The molecule has 6 nitrogen and oxygen atoms in total. The summed E-state index contributed by atoms with van der Waals surface area (Å²) < 4.78 is 5.55. The maximum absolute atomic E-state index is 12.9. The zero-order chi connectivity index (χ0) is 22.3. The molecule has 3 aromatic rings. The number of methoxy groups -OCH3 is 1. The van der Waals surface area contributed by atoms with Crippen molar-refractivity contribution in [2.24, 2.45) is 5.92 Å². The molecule has 1 fully saturated rings. The number of benzene rings is 2. The first-order valence-corrected chi connectivity index (χ1v) is 10.8. The highest BCUT2D eigenvalue weighted by Crippen LogP contribution is 2.33. The minimum absolute atomic E-state index is 0.0109. The third-order valence-corrected chi connectivity index (χ3v) is 5.78. The summed E-state index contributed by atoms with van der Waals surface area (Å²) in [6.45, 7) is 1.34. The number of nitrogens with zero attached hydrogens (tertiary/aromatic N) is 2. The van der Waals surface area contributed by atoms with Crippen molar-refractivity contribution in [2.75, 3.05) is 26.7 Å². The van der Waals surface area contributed by atoms with Gasteiger partial charge in [0.25, 0.3) is 0 Å². The first-order valence-electron chi connectivity index (χ1n) is 10.8. The molecular formula is C26H27N3O3.